The SMILES string of the molecule is O=C(Nc1ccc(-c2noc(C(F)F)n2)cc1)c1ccc(CN2C(=O)CCC2=O)cc1. The summed E-state index contributed by atoms with van der Waals surface area (Å²) >= 11 is 0. The average molecular weight is 426 g/mol. The molecule has 1 N–H and O–H groups in total. The first-order chi connectivity index (χ1) is 14.9. The summed E-state index contributed by atoms with van der Waals surface area (Å²) in [6.07, 6.45) is -2.38. The van der Waals surface area contributed by atoms with Crippen molar-refractivity contribution >= 4 is 23.4 Å². The lowest BCUT2D eigenvalue weighted by Crippen LogP contribution is -2.28. The second kappa shape index (κ2) is 8.42. The van der Waals surface area contributed by atoms with Gasteiger partial charge in [0.15, 0.2) is 0 Å². The number of carbonyl (C=O) groups is 3. The predicted molar refractivity (Wildman–Crippen MR) is 104 cm³/mol. The summed E-state index contributed by atoms with van der Waals surface area (Å²) < 4.78 is 29.6. The molecule has 8 nitrogen and oxygen atoms in total. The van der Waals surface area contributed by atoms with Crippen LogP contribution in [0, 0.1) is 0 Å². The van der Waals surface area contributed by atoms with Gasteiger partial charge in [-0.1, -0.05) is 17.3 Å². The number of benzene rings is 2. The maximum Gasteiger partial charge on any atom is 0.315 e. The quantitative estimate of drug-likeness (QED) is 0.604. The van der Waals surface area contributed by atoms with Gasteiger partial charge in [0.1, 0.15) is 0 Å². The average Bonchev–Trinajstić information content (AvgIpc) is 3.38. The van der Waals surface area contributed by atoms with E-state index in [-0.39, 0.29) is 42.9 Å². The zero-order chi connectivity index (χ0) is 22.0. The van der Waals surface area contributed by atoms with Crippen molar-refractivity contribution in [3.8, 4) is 11.4 Å². The van der Waals surface area contributed by atoms with Crippen molar-refractivity contribution in [2.75, 3.05) is 5.32 Å². The molecule has 31 heavy (non-hydrogen) atoms. The molecular formula is C21H16F2N4O4. The lowest BCUT2D eigenvalue weighted by Gasteiger charge is -2.14. The van der Waals surface area contributed by atoms with Crippen molar-refractivity contribution < 1.29 is 27.7 Å². The summed E-state index contributed by atoms with van der Waals surface area (Å²) in [5, 5.41) is 6.23. The minimum atomic E-state index is -2.84. The van der Waals surface area contributed by atoms with Crippen molar-refractivity contribution in [3.05, 3.63) is 65.5 Å². The first-order valence-electron chi connectivity index (χ1n) is 9.36. The Morgan fingerprint density at radius 3 is 2.26 bits per heavy atom. The minimum Gasteiger partial charge on any atom is -0.333 e. The lowest BCUT2D eigenvalue weighted by atomic mass is 10.1. The lowest BCUT2D eigenvalue weighted by molar-refractivity contribution is -0.139. The number of nitrogens with zero attached hydrogens (tertiary/aromatic N) is 3. The van der Waals surface area contributed by atoms with Gasteiger partial charge in [-0.15, -0.1) is 0 Å². The Hall–Kier alpha value is -3.95. The van der Waals surface area contributed by atoms with Gasteiger partial charge in [-0.3, -0.25) is 19.3 Å². The Kier molecular flexibility index (Phi) is 5.52. The van der Waals surface area contributed by atoms with E-state index < -0.39 is 12.3 Å². The number of hydrogen-bond donors (Lipinski definition) is 1. The summed E-state index contributed by atoms with van der Waals surface area (Å²) in [6.45, 7) is 0.185. The molecule has 3 aromatic rings. The molecule has 0 atom stereocenters. The number of anilines is 1. The molecule has 1 aliphatic rings. The van der Waals surface area contributed by atoms with E-state index in [1.807, 2.05) is 0 Å². The highest BCUT2D eigenvalue weighted by atomic mass is 19.3. The molecule has 10 heteroatoms. The van der Waals surface area contributed by atoms with E-state index in [4.69, 9.17) is 0 Å². The van der Waals surface area contributed by atoms with Crippen molar-refractivity contribution in [1.82, 2.24) is 15.0 Å². The van der Waals surface area contributed by atoms with E-state index in [0.29, 0.717) is 16.8 Å². The summed E-state index contributed by atoms with van der Waals surface area (Å²) in [6, 6.07) is 12.9. The Balaban J connectivity index is 1.38. The Morgan fingerprint density at radius 2 is 1.68 bits per heavy atom. The molecule has 0 unspecified atom stereocenters. The minimum absolute atomic E-state index is 0.0266. The Labute approximate surface area is 174 Å². The zero-order valence-electron chi connectivity index (χ0n) is 16.0. The van der Waals surface area contributed by atoms with Crippen LogP contribution in [0.15, 0.2) is 53.1 Å². The first-order valence-corrected chi connectivity index (χ1v) is 9.36. The zero-order valence-corrected chi connectivity index (χ0v) is 16.0. The highest BCUT2D eigenvalue weighted by molar-refractivity contribution is 6.04. The number of imide groups is 1. The van der Waals surface area contributed by atoms with E-state index in [1.165, 1.54) is 4.90 Å². The van der Waals surface area contributed by atoms with E-state index in [2.05, 4.69) is 20.0 Å². The number of amides is 3. The number of hydrogen-bond acceptors (Lipinski definition) is 6. The summed E-state index contributed by atoms with van der Waals surface area (Å²) in [4.78, 5) is 40.7. The van der Waals surface area contributed by atoms with Gasteiger partial charge < -0.3 is 9.84 Å². The van der Waals surface area contributed by atoms with Crippen molar-refractivity contribution in [3.63, 3.8) is 0 Å². The van der Waals surface area contributed by atoms with Gasteiger partial charge in [0.2, 0.25) is 17.6 Å². The Morgan fingerprint density at radius 1 is 1.03 bits per heavy atom. The summed E-state index contributed by atoms with van der Waals surface area (Å²) in [5.41, 5.74) is 2.09. The number of likely N-dealkylation sites (tertiary alicyclic amines) is 1. The number of alkyl halides is 2. The number of nitrogens with one attached hydrogen (secondary N) is 1. The molecule has 1 fully saturated rings. The van der Waals surface area contributed by atoms with Crippen LogP contribution in [0.1, 0.15) is 41.1 Å². The van der Waals surface area contributed by atoms with E-state index in [1.54, 1.807) is 48.5 Å². The molecule has 158 valence electrons. The molecule has 2 aromatic carbocycles. The third kappa shape index (κ3) is 4.47. The van der Waals surface area contributed by atoms with Gasteiger partial charge in [-0.2, -0.15) is 13.8 Å². The molecule has 1 aromatic heterocycles. The van der Waals surface area contributed by atoms with Crippen LogP contribution in [0.5, 0.6) is 0 Å². The van der Waals surface area contributed by atoms with Crippen molar-refractivity contribution in [2.24, 2.45) is 0 Å². The largest absolute Gasteiger partial charge is 0.333 e. The van der Waals surface area contributed by atoms with Crippen LogP contribution in [0.2, 0.25) is 0 Å². The van der Waals surface area contributed by atoms with E-state index >= 15 is 0 Å². The molecule has 4 rings (SSSR count). The standard InChI is InChI=1S/C21H16F2N4O4/c22-18(23)21-25-19(26-31-21)13-5-7-15(8-6-13)24-20(30)14-3-1-12(2-4-14)11-27-16(28)9-10-17(27)29/h1-8,18H,9-11H2,(H,24,30). The normalized spacial score (nSPS) is 13.8. The third-order valence-corrected chi connectivity index (χ3v) is 4.74. The number of carbonyl (C=O) groups excluding carboxylic acids is 3. The Bertz CT molecular complexity index is 1110. The van der Waals surface area contributed by atoms with E-state index in [0.717, 1.165) is 5.56 Å². The highest BCUT2D eigenvalue weighted by Gasteiger charge is 2.28. The molecule has 0 bridgehead atoms. The monoisotopic (exact) mass is 426 g/mol. The molecule has 3 amide bonds. The van der Waals surface area contributed by atoms with Crippen LogP contribution in [-0.4, -0.2) is 32.8 Å². The molecule has 2 heterocycles. The molecule has 0 spiro atoms. The third-order valence-electron chi connectivity index (χ3n) is 4.74. The highest BCUT2D eigenvalue weighted by Crippen LogP contribution is 2.23. The maximum atomic E-state index is 12.5. The topological polar surface area (TPSA) is 105 Å². The van der Waals surface area contributed by atoms with Crippen molar-refractivity contribution in [2.45, 2.75) is 25.8 Å². The molecule has 0 aliphatic carbocycles. The fourth-order valence-electron chi connectivity index (χ4n) is 3.09. The predicted octanol–water partition coefficient (Wildman–Crippen LogP) is 3.58. The second-order valence-electron chi connectivity index (χ2n) is 6.86. The molecule has 1 saturated heterocycles. The van der Waals surface area contributed by atoms with Crippen LogP contribution < -0.4 is 5.32 Å². The van der Waals surface area contributed by atoms with Crippen LogP contribution in [0.3, 0.4) is 0 Å². The van der Waals surface area contributed by atoms with Crippen LogP contribution in [0.4, 0.5) is 14.5 Å². The molecule has 1 aliphatic heterocycles. The maximum absolute atomic E-state index is 12.5. The first kappa shape index (κ1) is 20.3. The fraction of sp³-hybridized carbons (Fsp3) is 0.190. The fourth-order valence-corrected chi connectivity index (χ4v) is 3.09. The van der Waals surface area contributed by atoms with Crippen molar-refractivity contribution in [1.29, 1.82) is 0 Å². The summed E-state index contributed by atoms with van der Waals surface area (Å²) in [5.74, 6) is -1.47. The number of aromatic nitrogens is 2. The van der Waals surface area contributed by atoms with Crippen LogP contribution in [0.25, 0.3) is 11.4 Å². The van der Waals surface area contributed by atoms with E-state index in [9.17, 15) is 23.2 Å². The smallest absolute Gasteiger partial charge is 0.315 e. The van der Waals surface area contributed by atoms with Crippen LogP contribution in [-0.2, 0) is 16.1 Å². The van der Waals surface area contributed by atoms with Gasteiger partial charge >= 0.3 is 6.43 Å². The van der Waals surface area contributed by atoms with Gasteiger partial charge in [-0.25, -0.2) is 0 Å². The molecule has 0 radical (unpaired) electrons. The van der Waals surface area contributed by atoms with Gasteiger partial charge in [0.05, 0.1) is 6.54 Å². The molecule has 0 saturated carbocycles. The molecular weight excluding hydrogens is 410 g/mol. The van der Waals surface area contributed by atoms with Crippen LogP contribution >= 0.6 is 0 Å². The van der Waals surface area contributed by atoms with Gasteiger partial charge in [0, 0.05) is 29.7 Å². The summed E-state index contributed by atoms with van der Waals surface area (Å²) in [7, 11) is 0. The number of halogens is 2. The van der Waals surface area contributed by atoms with Gasteiger partial charge in [0.25, 0.3) is 11.8 Å². The van der Waals surface area contributed by atoms with Gasteiger partial charge in [-0.05, 0) is 42.0 Å². The second-order valence-corrected chi connectivity index (χ2v) is 6.86. The number of rotatable bonds is 6.